The lowest BCUT2D eigenvalue weighted by atomic mass is 10.0. The maximum absolute atomic E-state index is 14.0. The Hall–Kier alpha value is -4.82. The Morgan fingerprint density at radius 2 is 1.69 bits per heavy atom. The van der Waals surface area contributed by atoms with Gasteiger partial charge in [-0.25, -0.2) is 23.8 Å². The molecule has 3 aliphatic rings. The SMILES string of the molecule is C=CC(=O)Nc1cc(Nc2cc(N3OCCC3c3cc(F)cc(F)c3)ncn2)c(OC)cc1N1CCC(N2CCN(C(C)=O)CC2)CC1. The number of aromatic nitrogens is 2. The molecule has 14 heteroatoms. The number of ether oxygens (including phenoxy) is 1. The summed E-state index contributed by atoms with van der Waals surface area (Å²) in [5.41, 5.74) is 2.40. The molecule has 0 bridgehead atoms. The lowest BCUT2D eigenvalue weighted by molar-refractivity contribution is -0.131. The Bertz CT molecular complexity index is 1640. The summed E-state index contributed by atoms with van der Waals surface area (Å²) in [6.45, 7) is 10.4. The largest absolute Gasteiger partial charge is 0.494 e. The number of carbonyl (C=O) groups excluding carboxylic acids is 2. The Balaban J connectivity index is 1.20. The number of piperazine rings is 1. The van der Waals surface area contributed by atoms with E-state index in [0.717, 1.165) is 63.9 Å². The molecule has 3 aromatic rings. The molecule has 2 amide bonds. The fourth-order valence-electron chi connectivity index (χ4n) is 6.69. The van der Waals surface area contributed by atoms with Crippen LogP contribution in [0.15, 0.2) is 55.4 Å². The monoisotopic (exact) mass is 662 g/mol. The average Bonchev–Trinajstić information content (AvgIpc) is 3.59. The minimum Gasteiger partial charge on any atom is -0.494 e. The number of hydroxylamine groups is 1. The van der Waals surface area contributed by atoms with Gasteiger partial charge in [0.25, 0.3) is 0 Å². The van der Waals surface area contributed by atoms with Crippen LogP contribution in [-0.4, -0.2) is 90.6 Å². The van der Waals surface area contributed by atoms with Crippen molar-refractivity contribution in [3.05, 3.63) is 72.6 Å². The molecule has 3 fully saturated rings. The molecular formula is C34H40F2N8O4. The molecular weight excluding hydrogens is 622 g/mol. The van der Waals surface area contributed by atoms with E-state index in [4.69, 9.17) is 9.57 Å². The van der Waals surface area contributed by atoms with Crippen molar-refractivity contribution in [2.24, 2.45) is 0 Å². The summed E-state index contributed by atoms with van der Waals surface area (Å²) in [4.78, 5) is 45.5. The third-order valence-electron chi connectivity index (χ3n) is 9.16. The highest BCUT2D eigenvalue weighted by molar-refractivity contribution is 6.02. The summed E-state index contributed by atoms with van der Waals surface area (Å²) in [5.74, 6) is -0.191. The molecule has 1 aromatic heterocycles. The van der Waals surface area contributed by atoms with Crippen LogP contribution >= 0.6 is 0 Å². The van der Waals surface area contributed by atoms with E-state index in [-0.39, 0.29) is 11.8 Å². The van der Waals surface area contributed by atoms with E-state index in [2.05, 4.69) is 37.0 Å². The van der Waals surface area contributed by atoms with Gasteiger partial charge in [-0.15, -0.1) is 0 Å². The second-order valence-corrected chi connectivity index (χ2v) is 12.1. The maximum Gasteiger partial charge on any atom is 0.247 e. The number of rotatable bonds is 9. The van der Waals surface area contributed by atoms with Crippen molar-refractivity contribution in [2.75, 3.05) is 73.6 Å². The molecule has 1 atom stereocenters. The Kier molecular flexibility index (Phi) is 10.0. The number of nitrogens with one attached hydrogen (secondary N) is 2. The molecule has 2 N–H and O–H groups in total. The van der Waals surface area contributed by atoms with E-state index in [1.165, 1.54) is 29.6 Å². The smallest absolute Gasteiger partial charge is 0.247 e. The van der Waals surface area contributed by atoms with E-state index < -0.39 is 17.7 Å². The second kappa shape index (κ2) is 14.5. The molecule has 12 nitrogen and oxygen atoms in total. The summed E-state index contributed by atoms with van der Waals surface area (Å²) < 4.78 is 33.8. The number of carbonyl (C=O) groups is 2. The van der Waals surface area contributed by atoms with Crippen LogP contribution in [0.25, 0.3) is 0 Å². The Morgan fingerprint density at radius 1 is 0.958 bits per heavy atom. The number of nitrogens with zero attached hydrogens (tertiary/aromatic N) is 6. The number of benzene rings is 2. The first-order chi connectivity index (χ1) is 23.2. The number of piperidine rings is 1. The van der Waals surface area contributed by atoms with Gasteiger partial charge in [0.15, 0.2) is 5.82 Å². The minimum atomic E-state index is -0.662. The molecule has 3 aliphatic heterocycles. The predicted octanol–water partition coefficient (Wildman–Crippen LogP) is 4.65. The van der Waals surface area contributed by atoms with Gasteiger partial charge in [-0.05, 0) is 42.7 Å². The van der Waals surface area contributed by atoms with E-state index in [0.29, 0.717) is 53.4 Å². The van der Waals surface area contributed by atoms with E-state index in [1.54, 1.807) is 26.2 Å². The first kappa shape index (κ1) is 33.1. The van der Waals surface area contributed by atoms with Crippen LogP contribution in [0, 0.1) is 11.6 Å². The van der Waals surface area contributed by atoms with Crippen LogP contribution < -0.4 is 25.3 Å². The van der Waals surface area contributed by atoms with Crippen LogP contribution in [0.3, 0.4) is 0 Å². The summed E-state index contributed by atoms with van der Waals surface area (Å²) in [5, 5.41) is 7.76. The van der Waals surface area contributed by atoms with E-state index in [9.17, 15) is 18.4 Å². The number of anilines is 5. The second-order valence-electron chi connectivity index (χ2n) is 12.1. The quantitative estimate of drug-likeness (QED) is 0.314. The van der Waals surface area contributed by atoms with Gasteiger partial charge >= 0.3 is 0 Å². The lowest BCUT2D eigenvalue weighted by Gasteiger charge is -2.43. The highest BCUT2D eigenvalue weighted by Gasteiger charge is 2.31. The number of halogens is 2. The third-order valence-corrected chi connectivity index (χ3v) is 9.16. The molecule has 4 heterocycles. The topological polar surface area (TPSA) is 115 Å². The van der Waals surface area contributed by atoms with Crippen molar-refractivity contribution in [1.29, 1.82) is 0 Å². The lowest BCUT2D eigenvalue weighted by Crippen LogP contribution is -2.54. The number of hydrogen-bond donors (Lipinski definition) is 2. The molecule has 2 aromatic carbocycles. The fourth-order valence-corrected chi connectivity index (χ4v) is 6.69. The van der Waals surface area contributed by atoms with Crippen molar-refractivity contribution in [3.63, 3.8) is 0 Å². The normalized spacial score (nSPS) is 18.9. The van der Waals surface area contributed by atoms with Crippen molar-refractivity contribution in [3.8, 4) is 5.75 Å². The third kappa shape index (κ3) is 7.34. The number of amides is 2. The highest BCUT2D eigenvalue weighted by atomic mass is 19.1. The summed E-state index contributed by atoms with van der Waals surface area (Å²) in [7, 11) is 1.57. The van der Waals surface area contributed by atoms with Gasteiger partial charge < -0.3 is 25.2 Å². The molecule has 48 heavy (non-hydrogen) atoms. The fraction of sp³-hybridized carbons (Fsp3) is 0.412. The molecule has 0 spiro atoms. The minimum absolute atomic E-state index is 0.124. The van der Waals surface area contributed by atoms with Crippen LogP contribution in [-0.2, 0) is 14.4 Å². The van der Waals surface area contributed by atoms with Gasteiger partial charge in [-0.3, -0.25) is 19.3 Å². The zero-order chi connectivity index (χ0) is 33.8. The van der Waals surface area contributed by atoms with Gasteiger partial charge in [0.1, 0.15) is 29.5 Å². The van der Waals surface area contributed by atoms with E-state index in [1.807, 2.05) is 11.0 Å². The van der Waals surface area contributed by atoms with Gasteiger partial charge in [0, 0.05) is 76.9 Å². The molecule has 3 saturated heterocycles. The highest BCUT2D eigenvalue weighted by Crippen LogP contribution is 2.40. The molecule has 254 valence electrons. The summed E-state index contributed by atoms with van der Waals surface area (Å²) >= 11 is 0. The van der Waals surface area contributed by atoms with Crippen LogP contribution in [0.4, 0.5) is 37.5 Å². The van der Waals surface area contributed by atoms with Crippen LogP contribution in [0.2, 0.25) is 0 Å². The average molecular weight is 663 g/mol. The van der Waals surface area contributed by atoms with Crippen molar-refractivity contribution in [2.45, 2.75) is 38.3 Å². The van der Waals surface area contributed by atoms with Crippen molar-refractivity contribution >= 4 is 40.5 Å². The standard InChI is InChI=1S/C34H40F2N8O4/c1-4-34(46)40-27-18-28(31(47-3)19-30(27)43-8-5-26(6-9-43)42-12-10-41(11-13-42)22(2)45)39-32-20-33(38-21-37-32)44-29(7-14-48-44)23-15-24(35)17-25(36)16-23/h4,15-21,26,29H,1,5-14H2,2-3H3,(H,40,46)(H,37,38,39). The van der Waals surface area contributed by atoms with E-state index >= 15 is 0 Å². The van der Waals surface area contributed by atoms with Gasteiger partial charge in [0.05, 0.1) is 36.8 Å². The van der Waals surface area contributed by atoms with Gasteiger partial charge in [-0.2, -0.15) is 0 Å². The van der Waals surface area contributed by atoms with Gasteiger partial charge in [0.2, 0.25) is 11.8 Å². The summed E-state index contributed by atoms with van der Waals surface area (Å²) in [6.07, 6.45) is 5.01. The maximum atomic E-state index is 14.0. The zero-order valence-electron chi connectivity index (χ0n) is 27.1. The zero-order valence-corrected chi connectivity index (χ0v) is 27.1. The molecule has 0 radical (unpaired) electrons. The Morgan fingerprint density at radius 3 is 2.35 bits per heavy atom. The predicted molar refractivity (Wildman–Crippen MR) is 178 cm³/mol. The van der Waals surface area contributed by atoms with Crippen molar-refractivity contribution in [1.82, 2.24) is 19.8 Å². The van der Waals surface area contributed by atoms with Crippen LogP contribution in [0.5, 0.6) is 5.75 Å². The van der Waals surface area contributed by atoms with Gasteiger partial charge in [-0.1, -0.05) is 6.58 Å². The number of methoxy groups -OCH3 is 1. The first-order valence-electron chi connectivity index (χ1n) is 16.1. The molecule has 6 rings (SSSR count). The van der Waals surface area contributed by atoms with Crippen molar-refractivity contribution < 1.29 is 27.9 Å². The summed E-state index contributed by atoms with van der Waals surface area (Å²) in [6, 6.07) is 8.77. The first-order valence-corrected chi connectivity index (χ1v) is 16.1. The number of hydrogen-bond acceptors (Lipinski definition) is 10. The Labute approximate surface area is 278 Å². The molecule has 0 saturated carbocycles. The molecule has 1 unspecified atom stereocenters. The molecule has 0 aliphatic carbocycles. The van der Waals surface area contributed by atoms with Crippen LogP contribution in [0.1, 0.15) is 37.8 Å².